The molecule has 24 heavy (non-hydrogen) atoms. The maximum absolute atomic E-state index is 12.3. The van der Waals surface area contributed by atoms with Gasteiger partial charge in [-0.05, 0) is 35.8 Å². The zero-order valence-electron chi connectivity index (χ0n) is 11.7. The van der Waals surface area contributed by atoms with E-state index in [1.54, 1.807) is 11.5 Å². The molecule has 1 aliphatic heterocycles. The van der Waals surface area contributed by atoms with Crippen LogP contribution in [0.4, 0.5) is 18.9 Å². The van der Waals surface area contributed by atoms with Crippen molar-refractivity contribution < 1.29 is 36.6 Å². The van der Waals surface area contributed by atoms with Crippen LogP contribution in [-0.2, 0) is 11.3 Å². The molecule has 1 aromatic carbocycles. The summed E-state index contributed by atoms with van der Waals surface area (Å²) in [5, 5.41) is 10.9. The Morgan fingerprint density at radius 2 is 2.08 bits per heavy atom. The van der Waals surface area contributed by atoms with Crippen LogP contribution in [0.2, 0.25) is 0 Å². The van der Waals surface area contributed by atoms with Gasteiger partial charge < -0.3 is 9.84 Å². The highest BCUT2D eigenvalue weighted by molar-refractivity contribution is 8.02. The number of carboxylic acids is 1. The molecule has 0 aliphatic carbocycles. The van der Waals surface area contributed by atoms with Crippen molar-refractivity contribution in [3.05, 3.63) is 47.0 Å². The molecule has 0 saturated heterocycles. The highest BCUT2D eigenvalue weighted by atomic mass is 32.2. The molecule has 1 aromatic rings. The van der Waals surface area contributed by atoms with E-state index in [4.69, 9.17) is 0 Å². The third-order valence-corrected chi connectivity index (χ3v) is 4.17. The summed E-state index contributed by atoms with van der Waals surface area (Å²) in [6, 6.07) is 2.50. The lowest BCUT2D eigenvalue weighted by molar-refractivity contribution is -0.274. The van der Waals surface area contributed by atoms with E-state index in [0.29, 0.717) is 11.8 Å². The lowest BCUT2D eigenvalue weighted by Crippen LogP contribution is -2.26. The van der Waals surface area contributed by atoms with Crippen LogP contribution >= 0.6 is 11.8 Å². The molecule has 130 valence electrons. The Hall–Kier alpha value is -1.98. The smallest absolute Gasteiger partial charge is 0.478 e. The van der Waals surface area contributed by atoms with Gasteiger partial charge >= 0.3 is 12.3 Å². The van der Waals surface area contributed by atoms with E-state index >= 15 is 0 Å². The zero-order valence-corrected chi connectivity index (χ0v) is 13.3. The quantitative estimate of drug-likeness (QED) is 0.761. The van der Waals surface area contributed by atoms with Gasteiger partial charge in [0.2, 0.25) is 0 Å². The van der Waals surface area contributed by atoms with Gasteiger partial charge in [-0.1, -0.05) is 0 Å². The Kier molecular flexibility index (Phi) is 5.57. The average Bonchev–Trinajstić information content (AvgIpc) is 2.48. The first kappa shape index (κ1) is 18.4. The summed E-state index contributed by atoms with van der Waals surface area (Å²) in [5.74, 6) is -1.81. The van der Waals surface area contributed by atoms with Crippen LogP contribution in [0.25, 0.3) is 0 Å². The molecule has 2 rings (SSSR count). The number of halogens is 3. The Bertz CT molecular complexity index is 733. The molecule has 0 bridgehead atoms. The number of allylic oxidation sites excluding steroid dienone is 1. The standard InChI is InChI=1S/C13H10F3NO5S2/c14-13(15,16)22-9-1-2-11(10(7-9)12(18)19)17(24(20)21)8-3-5-23-6-4-8/h1-5,7H,6H2,(H,18,19)(H,20,21). The van der Waals surface area contributed by atoms with E-state index in [1.165, 1.54) is 17.8 Å². The summed E-state index contributed by atoms with van der Waals surface area (Å²) in [5.41, 5.74) is -0.589. The third kappa shape index (κ3) is 4.52. The number of aromatic carboxylic acids is 1. The molecule has 6 nitrogen and oxygen atoms in total. The minimum atomic E-state index is -4.98. The molecule has 0 fully saturated rings. The normalized spacial score (nSPS) is 15.6. The first-order valence-corrected chi connectivity index (χ1v) is 8.33. The van der Waals surface area contributed by atoms with Crippen LogP contribution in [0.3, 0.4) is 0 Å². The van der Waals surface area contributed by atoms with Gasteiger partial charge in [-0.25, -0.2) is 13.3 Å². The second-order valence-electron chi connectivity index (χ2n) is 4.32. The van der Waals surface area contributed by atoms with Crippen molar-refractivity contribution in [3.63, 3.8) is 0 Å². The van der Waals surface area contributed by atoms with Crippen molar-refractivity contribution in [2.75, 3.05) is 10.1 Å². The van der Waals surface area contributed by atoms with Gasteiger partial charge in [0.15, 0.2) is 0 Å². The largest absolute Gasteiger partial charge is 0.573 e. The van der Waals surface area contributed by atoms with Crippen molar-refractivity contribution in [2.45, 2.75) is 6.36 Å². The fourth-order valence-corrected chi connectivity index (χ4v) is 3.16. The molecule has 1 atom stereocenters. The van der Waals surface area contributed by atoms with Crippen molar-refractivity contribution >= 4 is 34.7 Å². The average molecular weight is 381 g/mol. The van der Waals surface area contributed by atoms with Crippen molar-refractivity contribution in [2.24, 2.45) is 0 Å². The molecule has 11 heteroatoms. The van der Waals surface area contributed by atoms with E-state index in [-0.39, 0.29) is 11.4 Å². The Balaban J connectivity index is 2.50. The molecule has 0 aromatic heterocycles. The maximum atomic E-state index is 12.3. The summed E-state index contributed by atoms with van der Waals surface area (Å²) in [6.45, 7) is 0. The van der Waals surface area contributed by atoms with Gasteiger partial charge in [-0.2, -0.15) is 0 Å². The van der Waals surface area contributed by atoms with Crippen molar-refractivity contribution in [1.29, 1.82) is 0 Å². The number of rotatable bonds is 5. The topological polar surface area (TPSA) is 87.1 Å². The number of hydrogen-bond donors (Lipinski definition) is 2. The van der Waals surface area contributed by atoms with Crippen LogP contribution in [0.5, 0.6) is 5.75 Å². The molecule has 1 heterocycles. The number of ether oxygens (including phenoxy) is 1. The number of carboxylic acid groups (broad SMARTS) is 1. The molecule has 1 aliphatic rings. The lowest BCUT2D eigenvalue weighted by atomic mass is 10.1. The van der Waals surface area contributed by atoms with Crippen LogP contribution in [0, 0.1) is 0 Å². The van der Waals surface area contributed by atoms with Gasteiger partial charge in [0.05, 0.1) is 16.9 Å². The highest BCUT2D eigenvalue weighted by Crippen LogP contribution is 2.33. The summed E-state index contributed by atoms with van der Waals surface area (Å²) in [7, 11) is 0. The number of alkyl halides is 3. The zero-order chi connectivity index (χ0) is 17.9. The number of hydrogen-bond acceptors (Lipinski definition) is 4. The predicted octanol–water partition coefficient (Wildman–Crippen LogP) is 3.37. The van der Waals surface area contributed by atoms with Gasteiger partial charge in [-0.3, -0.25) is 4.55 Å². The summed E-state index contributed by atoms with van der Waals surface area (Å²) in [6.07, 6.45) is -1.90. The van der Waals surface area contributed by atoms with Crippen LogP contribution in [0.1, 0.15) is 10.4 Å². The molecular weight excluding hydrogens is 371 g/mol. The molecule has 1 unspecified atom stereocenters. The van der Waals surface area contributed by atoms with E-state index in [9.17, 15) is 31.8 Å². The molecule has 0 amide bonds. The van der Waals surface area contributed by atoms with Crippen LogP contribution < -0.4 is 9.04 Å². The molecular formula is C13H10F3NO5S2. The van der Waals surface area contributed by atoms with Gasteiger partial charge in [0.25, 0.3) is 11.3 Å². The Morgan fingerprint density at radius 1 is 1.38 bits per heavy atom. The minimum Gasteiger partial charge on any atom is -0.478 e. The number of nitrogens with zero attached hydrogens (tertiary/aromatic N) is 1. The third-order valence-electron chi connectivity index (χ3n) is 2.77. The van der Waals surface area contributed by atoms with E-state index in [0.717, 1.165) is 16.4 Å². The second-order valence-corrected chi connectivity index (χ2v) is 6.09. The maximum Gasteiger partial charge on any atom is 0.573 e. The van der Waals surface area contributed by atoms with Crippen LogP contribution in [0.15, 0.2) is 41.5 Å². The summed E-state index contributed by atoms with van der Waals surface area (Å²) in [4.78, 5) is 11.4. The summed E-state index contributed by atoms with van der Waals surface area (Å²) < 4.78 is 62.4. The van der Waals surface area contributed by atoms with E-state index < -0.39 is 34.9 Å². The molecule has 0 spiro atoms. The molecule has 2 N–H and O–H groups in total. The number of thioether (sulfide) groups is 1. The fourth-order valence-electron chi connectivity index (χ4n) is 1.90. The summed E-state index contributed by atoms with van der Waals surface area (Å²) >= 11 is -1.21. The monoisotopic (exact) mass is 381 g/mol. The Morgan fingerprint density at radius 3 is 2.58 bits per heavy atom. The predicted molar refractivity (Wildman–Crippen MR) is 83.0 cm³/mol. The minimum absolute atomic E-state index is 0.236. The van der Waals surface area contributed by atoms with Gasteiger partial charge in [0.1, 0.15) is 5.75 Å². The SMILES string of the molecule is O=C(O)c1cc(OC(F)(F)F)ccc1N(C1=CCSC=C1)S(=O)O. The highest BCUT2D eigenvalue weighted by Gasteiger charge is 2.32. The number of anilines is 1. The molecule has 0 radical (unpaired) electrons. The van der Waals surface area contributed by atoms with Gasteiger partial charge in [0, 0.05) is 5.75 Å². The molecule has 0 saturated carbocycles. The number of benzene rings is 1. The Labute approximate surface area is 141 Å². The van der Waals surface area contributed by atoms with Crippen molar-refractivity contribution in [1.82, 2.24) is 0 Å². The number of carbonyl (C=O) groups is 1. The van der Waals surface area contributed by atoms with E-state index in [1.807, 2.05) is 0 Å². The fraction of sp³-hybridized carbons (Fsp3) is 0.154. The van der Waals surface area contributed by atoms with Crippen molar-refractivity contribution in [3.8, 4) is 5.75 Å². The van der Waals surface area contributed by atoms with Gasteiger partial charge in [-0.15, -0.1) is 24.9 Å². The van der Waals surface area contributed by atoms with Crippen LogP contribution in [-0.4, -0.2) is 32.0 Å². The lowest BCUT2D eigenvalue weighted by Gasteiger charge is -2.24. The first-order valence-electron chi connectivity index (χ1n) is 6.21. The first-order chi connectivity index (χ1) is 11.2. The second kappa shape index (κ2) is 7.28. The van der Waals surface area contributed by atoms with E-state index in [2.05, 4.69) is 4.74 Å².